The van der Waals surface area contributed by atoms with E-state index < -0.39 is 18.0 Å². The number of carbonyl (C=O) groups is 2. The summed E-state index contributed by atoms with van der Waals surface area (Å²) in [5.41, 5.74) is 0.959. The third kappa shape index (κ3) is 2.92. The van der Waals surface area contributed by atoms with Crippen LogP contribution in [-0.2, 0) is 9.53 Å². The number of hydrogen-bond donors (Lipinski definition) is 2. The van der Waals surface area contributed by atoms with Crippen molar-refractivity contribution < 1.29 is 19.4 Å². The molecule has 1 atom stereocenters. The number of ether oxygens (including phenoxy) is 1. The molecule has 0 aliphatic rings. The normalized spacial score (nSPS) is 11.9. The van der Waals surface area contributed by atoms with Crippen LogP contribution in [0.3, 0.4) is 0 Å². The molecule has 20 heavy (non-hydrogen) atoms. The molecule has 1 aromatic carbocycles. The van der Waals surface area contributed by atoms with Crippen LogP contribution in [0.4, 0.5) is 0 Å². The second-order valence-corrected chi connectivity index (χ2v) is 4.13. The van der Waals surface area contributed by atoms with Crippen LogP contribution in [0.2, 0.25) is 0 Å². The summed E-state index contributed by atoms with van der Waals surface area (Å²) in [7, 11) is 1.17. The number of aliphatic hydroxyl groups is 1. The third-order valence-corrected chi connectivity index (χ3v) is 2.81. The lowest BCUT2D eigenvalue weighted by atomic mass is 10.1. The molecule has 1 aromatic heterocycles. The number of fused-ring (bicyclic) bond motifs is 1. The van der Waals surface area contributed by atoms with Crippen LogP contribution in [0, 0.1) is 0 Å². The van der Waals surface area contributed by atoms with Crippen molar-refractivity contribution in [2.24, 2.45) is 0 Å². The Kier molecular flexibility index (Phi) is 4.27. The molecule has 0 saturated carbocycles. The molecule has 0 fully saturated rings. The second kappa shape index (κ2) is 6.12. The average Bonchev–Trinajstić information content (AvgIpc) is 2.50. The number of benzene rings is 1. The summed E-state index contributed by atoms with van der Waals surface area (Å²) in [6, 6.07) is 8.86. The molecule has 1 amide bonds. The predicted molar refractivity (Wildman–Crippen MR) is 72.1 cm³/mol. The summed E-state index contributed by atoms with van der Waals surface area (Å²) in [5, 5.41) is 12.7. The maximum Gasteiger partial charge on any atom is 0.336 e. The van der Waals surface area contributed by atoms with Gasteiger partial charge in [0.05, 0.1) is 24.7 Å². The van der Waals surface area contributed by atoms with Gasteiger partial charge in [0.1, 0.15) is 0 Å². The SMILES string of the molecule is COC(=O)C(O)CNC(=O)c1cccc2cccnc12. The number of esters is 1. The fourth-order valence-corrected chi connectivity index (χ4v) is 1.79. The van der Waals surface area contributed by atoms with Gasteiger partial charge in [-0.3, -0.25) is 9.78 Å². The fraction of sp³-hybridized carbons (Fsp3) is 0.214. The van der Waals surface area contributed by atoms with E-state index in [2.05, 4.69) is 15.0 Å². The van der Waals surface area contributed by atoms with Crippen LogP contribution < -0.4 is 5.32 Å². The number of carbonyl (C=O) groups excluding carboxylic acids is 2. The molecule has 6 heteroatoms. The monoisotopic (exact) mass is 274 g/mol. The Morgan fingerprint density at radius 1 is 1.35 bits per heavy atom. The van der Waals surface area contributed by atoms with E-state index in [-0.39, 0.29) is 6.54 Å². The Morgan fingerprint density at radius 3 is 2.85 bits per heavy atom. The van der Waals surface area contributed by atoms with Gasteiger partial charge < -0.3 is 15.2 Å². The topological polar surface area (TPSA) is 88.5 Å². The van der Waals surface area contributed by atoms with Crippen molar-refractivity contribution in [2.75, 3.05) is 13.7 Å². The minimum absolute atomic E-state index is 0.214. The van der Waals surface area contributed by atoms with Crippen LogP contribution in [0.1, 0.15) is 10.4 Å². The quantitative estimate of drug-likeness (QED) is 0.792. The average molecular weight is 274 g/mol. The van der Waals surface area contributed by atoms with E-state index in [4.69, 9.17) is 0 Å². The van der Waals surface area contributed by atoms with Gasteiger partial charge in [0.25, 0.3) is 5.91 Å². The molecule has 2 N–H and O–H groups in total. The van der Waals surface area contributed by atoms with Gasteiger partial charge in [-0.1, -0.05) is 18.2 Å². The lowest BCUT2D eigenvalue weighted by molar-refractivity contribution is -0.149. The maximum atomic E-state index is 12.1. The highest BCUT2D eigenvalue weighted by Crippen LogP contribution is 2.15. The van der Waals surface area contributed by atoms with Gasteiger partial charge in [-0.2, -0.15) is 0 Å². The molecule has 1 unspecified atom stereocenters. The van der Waals surface area contributed by atoms with Gasteiger partial charge in [-0.05, 0) is 12.1 Å². The molecule has 2 aromatic rings. The number of amides is 1. The van der Waals surface area contributed by atoms with E-state index in [1.54, 1.807) is 24.4 Å². The first kappa shape index (κ1) is 14.0. The van der Waals surface area contributed by atoms with Crippen LogP contribution in [-0.4, -0.2) is 41.7 Å². The van der Waals surface area contributed by atoms with Crippen molar-refractivity contribution in [2.45, 2.75) is 6.10 Å². The highest BCUT2D eigenvalue weighted by Gasteiger charge is 2.17. The summed E-state index contributed by atoms with van der Waals surface area (Å²) >= 11 is 0. The van der Waals surface area contributed by atoms with Gasteiger partial charge in [0, 0.05) is 11.6 Å². The number of nitrogens with zero attached hydrogens (tertiary/aromatic N) is 1. The number of hydrogen-bond acceptors (Lipinski definition) is 5. The molecule has 0 aliphatic carbocycles. The number of rotatable bonds is 4. The fourth-order valence-electron chi connectivity index (χ4n) is 1.79. The Hall–Kier alpha value is -2.47. The summed E-state index contributed by atoms with van der Waals surface area (Å²) in [5.74, 6) is -1.20. The summed E-state index contributed by atoms with van der Waals surface area (Å²) in [6.45, 7) is -0.214. The minimum atomic E-state index is -1.38. The van der Waals surface area contributed by atoms with Gasteiger partial charge in [-0.25, -0.2) is 4.79 Å². The first-order valence-corrected chi connectivity index (χ1v) is 6.01. The van der Waals surface area contributed by atoms with Crippen LogP contribution in [0.5, 0.6) is 0 Å². The molecule has 0 bridgehead atoms. The smallest absolute Gasteiger partial charge is 0.336 e. The first-order chi connectivity index (χ1) is 9.63. The first-order valence-electron chi connectivity index (χ1n) is 6.01. The largest absolute Gasteiger partial charge is 0.467 e. The minimum Gasteiger partial charge on any atom is -0.467 e. The van der Waals surface area contributed by atoms with E-state index >= 15 is 0 Å². The number of para-hydroxylation sites is 1. The summed E-state index contributed by atoms with van der Waals surface area (Å²) in [4.78, 5) is 27.3. The predicted octanol–water partition coefficient (Wildman–Crippen LogP) is 0.498. The summed E-state index contributed by atoms with van der Waals surface area (Å²) < 4.78 is 4.37. The maximum absolute atomic E-state index is 12.1. The number of pyridine rings is 1. The molecule has 2 rings (SSSR count). The van der Waals surface area contributed by atoms with Crippen LogP contribution in [0.25, 0.3) is 10.9 Å². The molecule has 0 aliphatic heterocycles. The Labute approximate surface area is 115 Å². The number of aliphatic hydroxyl groups excluding tert-OH is 1. The van der Waals surface area contributed by atoms with E-state index in [0.29, 0.717) is 11.1 Å². The zero-order valence-corrected chi connectivity index (χ0v) is 10.9. The van der Waals surface area contributed by atoms with Crippen LogP contribution >= 0.6 is 0 Å². The van der Waals surface area contributed by atoms with Gasteiger partial charge in [-0.15, -0.1) is 0 Å². The highest BCUT2D eigenvalue weighted by atomic mass is 16.5. The molecule has 0 saturated heterocycles. The summed E-state index contributed by atoms with van der Waals surface area (Å²) in [6.07, 6.45) is 0.217. The molecule has 6 nitrogen and oxygen atoms in total. The van der Waals surface area contributed by atoms with Crippen molar-refractivity contribution in [3.63, 3.8) is 0 Å². The van der Waals surface area contributed by atoms with Crippen LogP contribution in [0.15, 0.2) is 36.5 Å². The number of nitrogens with one attached hydrogen (secondary N) is 1. The zero-order chi connectivity index (χ0) is 14.5. The van der Waals surface area contributed by atoms with Gasteiger partial charge in [0.15, 0.2) is 6.10 Å². The molecule has 0 radical (unpaired) electrons. The van der Waals surface area contributed by atoms with Crippen molar-refractivity contribution >= 4 is 22.8 Å². The van der Waals surface area contributed by atoms with Gasteiger partial charge >= 0.3 is 5.97 Å². The standard InChI is InChI=1S/C14H14N2O4/c1-20-14(19)11(17)8-16-13(18)10-6-2-4-9-5-3-7-15-12(9)10/h2-7,11,17H,8H2,1H3,(H,16,18). The molecule has 0 spiro atoms. The Bertz CT molecular complexity index is 637. The number of methoxy groups -OCH3 is 1. The molecular weight excluding hydrogens is 260 g/mol. The third-order valence-electron chi connectivity index (χ3n) is 2.81. The van der Waals surface area contributed by atoms with Crippen molar-refractivity contribution in [3.8, 4) is 0 Å². The van der Waals surface area contributed by atoms with E-state index in [0.717, 1.165) is 5.39 Å². The van der Waals surface area contributed by atoms with E-state index in [9.17, 15) is 14.7 Å². The zero-order valence-electron chi connectivity index (χ0n) is 10.9. The second-order valence-electron chi connectivity index (χ2n) is 4.13. The Morgan fingerprint density at radius 2 is 2.10 bits per heavy atom. The molecule has 1 heterocycles. The van der Waals surface area contributed by atoms with Crippen molar-refractivity contribution in [1.29, 1.82) is 0 Å². The Balaban J connectivity index is 2.14. The van der Waals surface area contributed by atoms with E-state index in [1.807, 2.05) is 12.1 Å². The van der Waals surface area contributed by atoms with Crippen molar-refractivity contribution in [1.82, 2.24) is 10.3 Å². The molecule has 104 valence electrons. The molecular formula is C14H14N2O4. The van der Waals surface area contributed by atoms with E-state index in [1.165, 1.54) is 7.11 Å². The van der Waals surface area contributed by atoms with Crippen molar-refractivity contribution in [3.05, 3.63) is 42.1 Å². The lowest BCUT2D eigenvalue weighted by Gasteiger charge is -2.10. The number of aromatic nitrogens is 1. The highest BCUT2D eigenvalue weighted by molar-refractivity contribution is 6.05. The van der Waals surface area contributed by atoms with Gasteiger partial charge in [0.2, 0.25) is 0 Å². The lowest BCUT2D eigenvalue weighted by Crippen LogP contribution is -2.37.